The normalized spacial score (nSPS) is 15.4. The molecule has 92 valence electrons. The summed E-state index contributed by atoms with van der Waals surface area (Å²) in [4.78, 5) is 0. The highest BCUT2D eigenvalue weighted by Crippen LogP contribution is 2.35. The van der Waals surface area contributed by atoms with Crippen molar-refractivity contribution in [2.24, 2.45) is 11.7 Å². The third-order valence-corrected chi connectivity index (χ3v) is 3.49. The Morgan fingerprint density at radius 1 is 1.47 bits per heavy atom. The van der Waals surface area contributed by atoms with E-state index in [0.717, 1.165) is 5.39 Å². The van der Waals surface area contributed by atoms with Crippen LogP contribution in [0.5, 0.6) is 0 Å². The zero-order chi connectivity index (χ0) is 12.6. The second-order valence-electron chi connectivity index (χ2n) is 4.55. The van der Waals surface area contributed by atoms with Crippen LogP contribution in [0.3, 0.4) is 0 Å². The predicted molar refractivity (Wildman–Crippen MR) is 69.0 cm³/mol. The van der Waals surface area contributed by atoms with Crippen molar-refractivity contribution in [1.29, 1.82) is 0 Å². The van der Waals surface area contributed by atoms with E-state index in [-0.39, 0.29) is 12.5 Å². The molecule has 0 bridgehead atoms. The average Bonchev–Trinajstić information content (AvgIpc) is 2.73. The van der Waals surface area contributed by atoms with Gasteiger partial charge in [-0.05, 0) is 18.1 Å². The number of aliphatic hydroxyl groups is 1. The molecular formula is C13H16ClNO2. The molecule has 0 spiro atoms. The first-order valence-corrected chi connectivity index (χ1v) is 5.98. The predicted octanol–water partition coefficient (Wildman–Crippen LogP) is 2.89. The molecule has 1 unspecified atom stereocenters. The van der Waals surface area contributed by atoms with E-state index >= 15 is 0 Å². The number of halogens is 1. The number of furan rings is 1. The highest BCUT2D eigenvalue weighted by atomic mass is 35.5. The van der Waals surface area contributed by atoms with E-state index in [4.69, 9.17) is 21.8 Å². The van der Waals surface area contributed by atoms with Crippen LogP contribution in [0.2, 0.25) is 5.02 Å². The minimum Gasteiger partial charge on any atom is -0.456 e. The number of hydrogen-bond acceptors (Lipinski definition) is 3. The first-order valence-electron chi connectivity index (χ1n) is 5.60. The van der Waals surface area contributed by atoms with Gasteiger partial charge < -0.3 is 15.3 Å². The van der Waals surface area contributed by atoms with Gasteiger partial charge in [0.05, 0.1) is 5.02 Å². The van der Waals surface area contributed by atoms with E-state index < -0.39 is 5.60 Å². The third kappa shape index (κ3) is 1.95. The summed E-state index contributed by atoms with van der Waals surface area (Å²) >= 11 is 6.04. The van der Waals surface area contributed by atoms with Gasteiger partial charge in [0.1, 0.15) is 11.4 Å². The Morgan fingerprint density at radius 3 is 2.71 bits per heavy atom. The van der Waals surface area contributed by atoms with Gasteiger partial charge in [-0.15, -0.1) is 0 Å². The lowest BCUT2D eigenvalue weighted by Crippen LogP contribution is -2.39. The van der Waals surface area contributed by atoms with Crippen LogP contribution in [0.25, 0.3) is 11.0 Å². The van der Waals surface area contributed by atoms with E-state index in [1.807, 2.05) is 26.0 Å². The summed E-state index contributed by atoms with van der Waals surface area (Å²) in [6, 6.07) is 7.30. The summed E-state index contributed by atoms with van der Waals surface area (Å²) in [5.74, 6) is 0.435. The largest absolute Gasteiger partial charge is 0.456 e. The SMILES string of the molecule is CC(C)C(O)(CN)c1cc2cccc(Cl)c2o1. The van der Waals surface area contributed by atoms with Gasteiger partial charge in [0, 0.05) is 11.9 Å². The number of benzene rings is 1. The van der Waals surface area contributed by atoms with Crippen molar-refractivity contribution >= 4 is 22.6 Å². The van der Waals surface area contributed by atoms with Crippen molar-refractivity contribution in [2.75, 3.05) is 6.54 Å². The smallest absolute Gasteiger partial charge is 0.153 e. The van der Waals surface area contributed by atoms with Crippen molar-refractivity contribution in [3.8, 4) is 0 Å². The first-order chi connectivity index (χ1) is 7.99. The van der Waals surface area contributed by atoms with Crippen molar-refractivity contribution in [3.05, 3.63) is 35.0 Å². The summed E-state index contributed by atoms with van der Waals surface area (Å²) in [5.41, 5.74) is 5.10. The van der Waals surface area contributed by atoms with Gasteiger partial charge >= 0.3 is 0 Å². The molecule has 0 radical (unpaired) electrons. The maximum Gasteiger partial charge on any atom is 0.153 e. The number of fused-ring (bicyclic) bond motifs is 1. The minimum absolute atomic E-state index is 0.0353. The second-order valence-corrected chi connectivity index (χ2v) is 4.96. The molecule has 0 saturated carbocycles. The summed E-state index contributed by atoms with van der Waals surface area (Å²) in [5, 5.41) is 11.9. The summed E-state index contributed by atoms with van der Waals surface area (Å²) in [6.45, 7) is 3.92. The summed E-state index contributed by atoms with van der Waals surface area (Å²) in [7, 11) is 0. The maximum absolute atomic E-state index is 10.5. The fourth-order valence-corrected chi connectivity index (χ4v) is 2.08. The molecule has 2 aromatic rings. The number of para-hydroxylation sites is 1. The molecule has 1 heterocycles. The summed E-state index contributed by atoms with van der Waals surface area (Å²) < 4.78 is 5.65. The number of rotatable bonds is 3. The Balaban J connectivity index is 2.60. The molecule has 4 heteroatoms. The van der Waals surface area contributed by atoms with Crippen molar-refractivity contribution < 1.29 is 9.52 Å². The lowest BCUT2D eigenvalue weighted by molar-refractivity contribution is -0.0194. The highest BCUT2D eigenvalue weighted by molar-refractivity contribution is 6.34. The minimum atomic E-state index is -1.15. The molecule has 1 atom stereocenters. The van der Waals surface area contributed by atoms with Crippen molar-refractivity contribution in [2.45, 2.75) is 19.4 Å². The van der Waals surface area contributed by atoms with E-state index in [1.165, 1.54) is 0 Å². The Kier molecular flexibility index (Phi) is 3.17. The Morgan fingerprint density at radius 2 is 2.18 bits per heavy atom. The molecule has 0 fully saturated rings. The average molecular weight is 254 g/mol. The molecule has 0 aliphatic carbocycles. The van der Waals surface area contributed by atoms with Gasteiger partial charge in [0.25, 0.3) is 0 Å². The van der Waals surface area contributed by atoms with Crippen molar-refractivity contribution in [3.63, 3.8) is 0 Å². The zero-order valence-electron chi connectivity index (χ0n) is 9.90. The Bertz CT molecular complexity index is 535. The van der Waals surface area contributed by atoms with Crippen LogP contribution in [0.1, 0.15) is 19.6 Å². The number of nitrogens with two attached hydrogens (primary N) is 1. The standard InChI is InChI=1S/C13H16ClNO2/c1-8(2)13(16,7-15)11-6-9-4-3-5-10(14)12(9)17-11/h3-6,8,16H,7,15H2,1-2H3. The van der Waals surface area contributed by atoms with Gasteiger partial charge in [0.2, 0.25) is 0 Å². The first kappa shape index (κ1) is 12.4. The molecular weight excluding hydrogens is 238 g/mol. The lowest BCUT2D eigenvalue weighted by Gasteiger charge is -2.28. The van der Waals surface area contributed by atoms with Crippen LogP contribution >= 0.6 is 11.6 Å². The van der Waals surface area contributed by atoms with Gasteiger partial charge in [0.15, 0.2) is 5.58 Å². The monoisotopic (exact) mass is 253 g/mol. The van der Waals surface area contributed by atoms with Crippen LogP contribution in [0.15, 0.2) is 28.7 Å². The van der Waals surface area contributed by atoms with E-state index in [9.17, 15) is 5.11 Å². The van der Waals surface area contributed by atoms with E-state index in [0.29, 0.717) is 16.4 Å². The highest BCUT2D eigenvalue weighted by Gasteiger charge is 2.35. The molecule has 0 aliphatic rings. The van der Waals surface area contributed by atoms with Crippen LogP contribution in [-0.4, -0.2) is 11.7 Å². The lowest BCUT2D eigenvalue weighted by atomic mass is 9.88. The van der Waals surface area contributed by atoms with Crippen LogP contribution in [0, 0.1) is 5.92 Å². The van der Waals surface area contributed by atoms with E-state index in [2.05, 4.69) is 0 Å². The molecule has 0 aliphatic heterocycles. The topological polar surface area (TPSA) is 59.4 Å². The molecule has 1 aromatic carbocycles. The van der Waals surface area contributed by atoms with E-state index in [1.54, 1.807) is 12.1 Å². The fourth-order valence-electron chi connectivity index (χ4n) is 1.86. The quantitative estimate of drug-likeness (QED) is 0.884. The molecule has 0 saturated heterocycles. The fraction of sp³-hybridized carbons (Fsp3) is 0.385. The molecule has 2 rings (SSSR count). The molecule has 1 aromatic heterocycles. The van der Waals surface area contributed by atoms with Gasteiger partial charge in [-0.1, -0.05) is 37.6 Å². The van der Waals surface area contributed by atoms with Crippen molar-refractivity contribution in [1.82, 2.24) is 0 Å². The van der Waals surface area contributed by atoms with Gasteiger partial charge in [-0.25, -0.2) is 0 Å². The third-order valence-electron chi connectivity index (χ3n) is 3.19. The van der Waals surface area contributed by atoms with Gasteiger partial charge in [-0.2, -0.15) is 0 Å². The second kappa shape index (κ2) is 4.33. The van der Waals surface area contributed by atoms with Crippen LogP contribution < -0.4 is 5.73 Å². The van der Waals surface area contributed by atoms with Crippen LogP contribution in [-0.2, 0) is 5.60 Å². The zero-order valence-corrected chi connectivity index (χ0v) is 10.7. The number of hydrogen-bond donors (Lipinski definition) is 2. The molecule has 3 N–H and O–H groups in total. The van der Waals surface area contributed by atoms with Gasteiger partial charge in [-0.3, -0.25) is 0 Å². The Hall–Kier alpha value is -1.03. The molecule has 0 amide bonds. The van der Waals surface area contributed by atoms with Crippen LogP contribution in [0.4, 0.5) is 0 Å². The molecule has 3 nitrogen and oxygen atoms in total. The summed E-state index contributed by atoms with van der Waals surface area (Å²) in [6.07, 6.45) is 0. The maximum atomic E-state index is 10.5. The molecule has 17 heavy (non-hydrogen) atoms. The Labute approximate surface area is 105 Å².